The van der Waals surface area contributed by atoms with E-state index in [0.29, 0.717) is 22.9 Å². The van der Waals surface area contributed by atoms with Crippen molar-refractivity contribution >= 4 is 23.0 Å². The summed E-state index contributed by atoms with van der Waals surface area (Å²) in [5, 5.41) is 12.2. The van der Waals surface area contributed by atoms with Gasteiger partial charge >= 0.3 is 0 Å². The lowest BCUT2D eigenvalue weighted by atomic mass is 10.1. The van der Waals surface area contributed by atoms with E-state index in [9.17, 15) is 5.26 Å². The minimum Gasteiger partial charge on any atom is -0.494 e. The van der Waals surface area contributed by atoms with Crippen LogP contribution in [0, 0.1) is 11.3 Å². The quantitative estimate of drug-likeness (QED) is 0.586. The molecule has 0 fully saturated rings. The van der Waals surface area contributed by atoms with Gasteiger partial charge in [-0.3, -0.25) is 0 Å². The van der Waals surface area contributed by atoms with Gasteiger partial charge in [-0.2, -0.15) is 5.26 Å². The largest absolute Gasteiger partial charge is 0.494 e. The molecule has 2 heterocycles. The summed E-state index contributed by atoms with van der Waals surface area (Å²) < 4.78 is 16.2. The van der Waals surface area contributed by atoms with E-state index in [1.807, 2.05) is 60.8 Å². The van der Waals surface area contributed by atoms with Gasteiger partial charge in [0.25, 0.3) is 0 Å². The van der Waals surface area contributed by atoms with E-state index in [1.165, 1.54) is 11.3 Å². The smallest absolute Gasteiger partial charge is 0.231 e. The molecule has 0 bridgehead atoms. The van der Waals surface area contributed by atoms with Gasteiger partial charge in [0.1, 0.15) is 16.8 Å². The molecule has 0 radical (unpaired) electrons. The van der Waals surface area contributed by atoms with Crippen LogP contribution >= 0.6 is 11.3 Å². The van der Waals surface area contributed by atoms with Gasteiger partial charge in [-0.25, -0.2) is 4.98 Å². The van der Waals surface area contributed by atoms with Crippen molar-refractivity contribution in [3.05, 3.63) is 58.4 Å². The van der Waals surface area contributed by atoms with Crippen LogP contribution < -0.4 is 14.2 Å². The third kappa shape index (κ3) is 3.64. The van der Waals surface area contributed by atoms with E-state index in [-0.39, 0.29) is 6.79 Å². The van der Waals surface area contributed by atoms with E-state index in [1.54, 1.807) is 0 Å². The summed E-state index contributed by atoms with van der Waals surface area (Å²) in [4.78, 5) is 4.63. The van der Waals surface area contributed by atoms with Crippen molar-refractivity contribution in [2.75, 3.05) is 13.4 Å². The fourth-order valence-electron chi connectivity index (χ4n) is 2.73. The van der Waals surface area contributed by atoms with E-state index < -0.39 is 0 Å². The number of nitriles is 1. The molecule has 0 spiro atoms. The lowest BCUT2D eigenvalue weighted by Crippen LogP contribution is -1.92. The van der Waals surface area contributed by atoms with Crippen molar-refractivity contribution in [2.24, 2.45) is 0 Å². The zero-order valence-electron chi connectivity index (χ0n) is 14.6. The maximum Gasteiger partial charge on any atom is 0.231 e. The topological polar surface area (TPSA) is 64.4 Å². The summed E-state index contributed by atoms with van der Waals surface area (Å²) in [7, 11) is 0. The monoisotopic (exact) mass is 376 g/mol. The van der Waals surface area contributed by atoms with Crippen molar-refractivity contribution in [2.45, 2.75) is 6.92 Å². The Kier molecular flexibility index (Phi) is 4.77. The van der Waals surface area contributed by atoms with Crippen molar-refractivity contribution in [1.29, 1.82) is 5.26 Å². The first-order valence-electron chi connectivity index (χ1n) is 8.47. The number of hydrogen-bond donors (Lipinski definition) is 0. The summed E-state index contributed by atoms with van der Waals surface area (Å²) >= 11 is 1.45. The van der Waals surface area contributed by atoms with Gasteiger partial charge in [-0.05, 0) is 55.0 Å². The molecule has 0 aliphatic carbocycles. The zero-order valence-corrected chi connectivity index (χ0v) is 15.5. The van der Waals surface area contributed by atoms with Crippen LogP contribution in [-0.2, 0) is 0 Å². The van der Waals surface area contributed by atoms with Crippen molar-refractivity contribution in [3.63, 3.8) is 0 Å². The molecule has 134 valence electrons. The first-order chi connectivity index (χ1) is 13.3. The first-order valence-corrected chi connectivity index (χ1v) is 9.35. The SMILES string of the molecule is CCOc1ccc(-c2csc(/C(C#N)=C/c3ccc4c(c3)OCO4)n2)cc1. The summed E-state index contributed by atoms with van der Waals surface area (Å²) in [6.45, 7) is 2.82. The van der Waals surface area contributed by atoms with Crippen LogP contribution in [0.3, 0.4) is 0 Å². The van der Waals surface area contributed by atoms with Gasteiger partial charge in [-0.1, -0.05) is 6.07 Å². The van der Waals surface area contributed by atoms with E-state index in [0.717, 1.165) is 28.3 Å². The maximum atomic E-state index is 9.59. The van der Waals surface area contributed by atoms with Gasteiger partial charge in [0.05, 0.1) is 17.9 Å². The van der Waals surface area contributed by atoms with Crippen LogP contribution in [0.15, 0.2) is 47.8 Å². The fraction of sp³-hybridized carbons (Fsp3) is 0.143. The average molecular weight is 376 g/mol. The van der Waals surface area contributed by atoms with Crippen LogP contribution in [0.4, 0.5) is 0 Å². The molecule has 6 heteroatoms. The number of rotatable bonds is 5. The molecular formula is C21H16N2O3S. The van der Waals surface area contributed by atoms with Crippen LogP contribution in [0.5, 0.6) is 17.2 Å². The standard InChI is InChI=1S/C21H16N2O3S/c1-2-24-17-6-4-15(5-7-17)18-12-27-21(23-18)16(11-22)9-14-3-8-19-20(10-14)26-13-25-19/h3-10,12H,2,13H2,1H3/b16-9+. The molecule has 0 amide bonds. The Hall–Kier alpha value is -3.30. The van der Waals surface area contributed by atoms with Crippen LogP contribution in [0.25, 0.3) is 22.9 Å². The number of ether oxygens (including phenoxy) is 3. The second kappa shape index (κ2) is 7.52. The number of benzene rings is 2. The molecule has 0 N–H and O–H groups in total. The number of allylic oxidation sites excluding steroid dienone is 1. The average Bonchev–Trinajstić information content (AvgIpc) is 3.36. The number of fused-ring (bicyclic) bond motifs is 1. The Morgan fingerprint density at radius 2 is 2.04 bits per heavy atom. The fourth-order valence-corrected chi connectivity index (χ4v) is 3.52. The summed E-state index contributed by atoms with van der Waals surface area (Å²) in [6.07, 6.45) is 1.81. The number of nitrogens with zero attached hydrogens (tertiary/aromatic N) is 2. The van der Waals surface area contributed by atoms with E-state index >= 15 is 0 Å². The van der Waals surface area contributed by atoms with Crippen molar-refractivity contribution in [1.82, 2.24) is 4.98 Å². The number of aromatic nitrogens is 1. The number of hydrogen-bond acceptors (Lipinski definition) is 6. The molecule has 1 aromatic heterocycles. The molecule has 3 aromatic rings. The van der Waals surface area contributed by atoms with Gasteiger partial charge in [0, 0.05) is 10.9 Å². The normalized spacial score (nSPS) is 12.7. The Morgan fingerprint density at radius 3 is 2.81 bits per heavy atom. The minimum absolute atomic E-state index is 0.228. The van der Waals surface area contributed by atoms with Gasteiger partial charge in [0.2, 0.25) is 6.79 Å². The lowest BCUT2D eigenvalue weighted by molar-refractivity contribution is 0.174. The molecule has 27 heavy (non-hydrogen) atoms. The summed E-state index contributed by atoms with van der Waals surface area (Å²) in [5.41, 5.74) is 3.20. The highest BCUT2D eigenvalue weighted by Crippen LogP contribution is 2.34. The zero-order chi connectivity index (χ0) is 18.6. The maximum absolute atomic E-state index is 9.59. The summed E-state index contributed by atoms with van der Waals surface area (Å²) in [5.74, 6) is 2.24. The van der Waals surface area contributed by atoms with Gasteiger partial charge in [0.15, 0.2) is 11.5 Å². The molecule has 1 aliphatic rings. The van der Waals surface area contributed by atoms with Gasteiger partial charge in [-0.15, -0.1) is 11.3 Å². The highest BCUT2D eigenvalue weighted by Gasteiger charge is 2.14. The molecule has 4 rings (SSSR count). The van der Waals surface area contributed by atoms with E-state index in [4.69, 9.17) is 14.2 Å². The number of thiazole rings is 1. The van der Waals surface area contributed by atoms with Crippen molar-refractivity contribution < 1.29 is 14.2 Å². The van der Waals surface area contributed by atoms with Crippen LogP contribution in [-0.4, -0.2) is 18.4 Å². The Balaban J connectivity index is 1.60. The molecule has 0 saturated carbocycles. The van der Waals surface area contributed by atoms with Crippen LogP contribution in [0.2, 0.25) is 0 Å². The van der Waals surface area contributed by atoms with Crippen molar-refractivity contribution in [3.8, 4) is 34.6 Å². The molecule has 1 aliphatic heterocycles. The molecule has 0 saturated heterocycles. The third-order valence-corrected chi connectivity index (χ3v) is 4.90. The second-order valence-corrected chi connectivity index (χ2v) is 6.64. The van der Waals surface area contributed by atoms with Gasteiger partial charge < -0.3 is 14.2 Å². The summed E-state index contributed by atoms with van der Waals surface area (Å²) in [6, 6.07) is 15.6. The predicted molar refractivity (Wildman–Crippen MR) is 105 cm³/mol. The molecular weight excluding hydrogens is 360 g/mol. The highest BCUT2D eigenvalue weighted by molar-refractivity contribution is 7.11. The highest BCUT2D eigenvalue weighted by atomic mass is 32.1. The Morgan fingerprint density at radius 1 is 1.22 bits per heavy atom. The second-order valence-electron chi connectivity index (χ2n) is 5.78. The third-order valence-electron chi connectivity index (χ3n) is 4.02. The molecule has 2 aromatic carbocycles. The predicted octanol–water partition coefficient (Wildman–Crippen LogP) is 5.00. The van der Waals surface area contributed by atoms with Crippen LogP contribution in [0.1, 0.15) is 17.5 Å². The molecule has 0 atom stereocenters. The lowest BCUT2D eigenvalue weighted by Gasteiger charge is -2.03. The molecule has 0 unspecified atom stereocenters. The molecule has 5 nitrogen and oxygen atoms in total. The first kappa shape index (κ1) is 17.1. The van der Waals surface area contributed by atoms with E-state index in [2.05, 4.69) is 11.1 Å². The Labute approximate surface area is 161 Å². The Bertz CT molecular complexity index is 1030. The minimum atomic E-state index is 0.228.